The van der Waals surface area contributed by atoms with Gasteiger partial charge in [-0.05, 0) is 63.3 Å². The summed E-state index contributed by atoms with van der Waals surface area (Å²) in [5.41, 5.74) is 2.17. The van der Waals surface area contributed by atoms with Crippen molar-refractivity contribution in [2.75, 3.05) is 18.4 Å². The Kier molecular flexibility index (Phi) is 7.41. The van der Waals surface area contributed by atoms with Crippen LogP contribution in [0.1, 0.15) is 0 Å². The molecule has 4 nitrogen and oxygen atoms in total. The van der Waals surface area contributed by atoms with Crippen LogP contribution in [-0.4, -0.2) is 19.7 Å². The summed E-state index contributed by atoms with van der Waals surface area (Å²) in [6.07, 6.45) is 0. The molecule has 0 aliphatic heterocycles. The molecule has 29 heavy (non-hydrogen) atoms. The summed E-state index contributed by atoms with van der Waals surface area (Å²) in [5.74, 6) is -0.510. The SMILES string of the molecule is COC(=O)COc1c(Br)cc(Cl)cc1SNc1cc(-c2ccccc2)ccc1F. The van der Waals surface area contributed by atoms with Crippen molar-refractivity contribution in [3.8, 4) is 16.9 Å². The van der Waals surface area contributed by atoms with E-state index in [-0.39, 0.29) is 6.61 Å². The molecule has 0 aliphatic rings. The van der Waals surface area contributed by atoms with Gasteiger partial charge in [-0.15, -0.1) is 0 Å². The molecule has 0 radical (unpaired) electrons. The molecule has 0 heterocycles. The Labute approximate surface area is 185 Å². The number of hydrogen-bond donors (Lipinski definition) is 1. The highest BCUT2D eigenvalue weighted by Crippen LogP contribution is 2.39. The van der Waals surface area contributed by atoms with E-state index >= 15 is 0 Å². The third-order valence-corrected chi connectivity index (χ3v) is 5.53. The van der Waals surface area contributed by atoms with Crippen molar-refractivity contribution in [1.29, 1.82) is 0 Å². The predicted octanol–water partition coefficient (Wildman–Crippen LogP) is 6.58. The van der Waals surface area contributed by atoms with Crippen LogP contribution in [0.5, 0.6) is 5.75 Å². The van der Waals surface area contributed by atoms with E-state index in [4.69, 9.17) is 16.3 Å². The number of halogens is 3. The zero-order chi connectivity index (χ0) is 20.8. The van der Waals surface area contributed by atoms with Crippen molar-refractivity contribution >= 4 is 51.1 Å². The fourth-order valence-electron chi connectivity index (χ4n) is 2.47. The molecule has 1 N–H and O–H groups in total. The van der Waals surface area contributed by atoms with Crippen molar-refractivity contribution in [2.24, 2.45) is 0 Å². The number of esters is 1. The standard InChI is InChI=1S/C21H16BrClFNO3S/c1-27-20(26)12-28-21-16(22)10-15(23)11-19(21)29-25-18-9-14(7-8-17(18)24)13-5-3-2-4-6-13/h2-11,25H,12H2,1H3. The van der Waals surface area contributed by atoms with Crippen molar-refractivity contribution in [1.82, 2.24) is 0 Å². The van der Waals surface area contributed by atoms with Gasteiger partial charge in [0, 0.05) is 5.02 Å². The lowest BCUT2D eigenvalue weighted by Gasteiger charge is -2.14. The second kappa shape index (κ2) is 10.0. The second-order valence-electron chi connectivity index (χ2n) is 5.84. The molecule has 0 unspecified atom stereocenters. The van der Waals surface area contributed by atoms with Crippen LogP contribution in [0, 0.1) is 5.82 Å². The summed E-state index contributed by atoms with van der Waals surface area (Å²) in [6.45, 7) is -0.262. The van der Waals surface area contributed by atoms with Gasteiger partial charge in [0.1, 0.15) is 11.6 Å². The molecule has 0 amide bonds. The largest absolute Gasteiger partial charge is 0.479 e. The van der Waals surface area contributed by atoms with E-state index in [9.17, 15) is 9.18 Å². The van der Waals surface area contributed by atoms with Gasteiger partial charge < -0.3 is 14.2 Å². The van der Waals surface area contributed by atoms with Crippen LogP contribution >= 0.6 is 39.5 Å². The Bertz CT molecular complexity index is 1020. The van der Waals surface area contributed by atoms with Gasteiger partial charge >= 0.3 is 5.97 Å². The quantitative estimate of drug-likeness (QED) is 0.296. The van der Waals surface area contributed by atoms with Crippen molar-refractivity contribution in [3.05, 3.63) is 76.0 Å². The maximum atomic E-state index is 14.3. The summed E-state index contributed by atoms with van der Waals surface area (Å²) in [6, 6.07) is 17.9. The molecular formula is C21H16BrClFNO3S. The van der Waals surface area contributed by atoms with E-state index in [0.29, 0.717) is 25.8 Å². The first-order valence-corrected chi connectivity index (χ1v) is 10.4. The zero-order valence-electron chi connectivity index (χ0n) is 15.2. The van der Waals surface area contributed by atoms with Crippen LogP contribution in [0.25, 0.3) is 11.1 Å². The Balaban J connectivity index is 1.83. The molecule has 3 aromatic carbocycles. The first kappa shape index (κ1) is 21.5. The molecule has 0 bridgehead atoms. The van der Waals surface area contributed by atoms with Crippen LogP contribution in [-0.2, 0) is 9.53 Å². The number of hydrogen-bond acceptors (Lipinski definition) is 5. The highest BCUT2D eigenvalue weighted by molar-refractivity contribution is 9.10. The van der Waals surface area contributed by atoms with E-state index in [2.05, 4.69) is 25.4 Å². The fourth-order valence-corrected chi connectivity index (χ4v) is 4.41. The smallest absolute Gasteiger partial charge is 0.343 e. The van der Waals surface area contributed by atoms with E-state index < -0.39 is 11.8 Å². The molecule has 0 fully saturated rings. The summed E-state index contributed by atoms with van der Waals surface area (Å²) in [4.78, 5) is 12.0. The van der Waals surface area contributed by atoms with Crippen molar-refractivity contribution in [2.45, 2.75) is 4.90 Å². The fraction of sp³-hybridized carbons (Fsp3) is 0.0952. The number of carbonyl (C=O) groups excluding carboxylic acids is 1. The van der Waals surface area contributed by atoms with Gasteiger partial charge in [0.05, 0.1) is 22.2 Å². The van der Waals surface area contributed by atoms with Crippen molar-refractivity contribution < 1.29 is 18.7 Å². The third-order valence-electron chi connectivity index (χ3n) is 3.88. The normalized spacial score (nSPS) is 10.5. The first-order valence-electron chi connectivity index (χ1n) is 8.44. The Morgan fingerprint density at radius 2 is 1.90 bits per heavy atom. The summed E-state index contributed by atoms with van der Waals surface area (Å²) in [5, 5.41) is 0.463. The van der Waals surface area contributed by atoms with Gasteiger partial charge in [-0.25, -0.2) is 9.18 Å². The lowest BCUT2D eigenvalue weighted by atomic mass is 10.1. The van der Waals surface area contributed by atoms with Gasteiger partial charge in [-0.1, -0.05) is 48.0 Å². The van der Waals surface area contributed by atoms with E-state index in [1.807, 2.05) is 30.3 Å². The number of rotatable bonds is 7. The Hall–Kier alpha value is -2.22. The lowest BCUT2D eigenvalue weighted by molar-refractivity contribution is -0.143. The number of nitrogens with one attached hydrogen (secondary N) is 1. The van der Waals surface area contributed by atoms with Crippen LogP contribution in [0.4, 0.5) is 10.1 Å². The maximum absolute atomic E-state index is 14.3. The summed E-state index contributed by atoms with van der Waals surface area (Å²) >= 11 is 10.6. The van der Waals surface area contributed by atoms with Crippen LogP contribution < -0.4 is 9.46 Å². The minimum absolute atomic E-state index is 0.262. The molecule has 0 spiro atoms. The Morgan fingerprint density at radius 1 is 1.14 bits per heavy atom. The van der Waals surface area contributed by atoms with Gasteiger partial charge in [0.2, 0.25) is 0 Å². The van der Waals surface area contributed by atoms with Crippen LogP contribution in [0.2, 0.25) is 5.02 Å². The third kappa shape index (κ3) is 5.65. The molecule has 0 saturated carbocycles. The number of anilines is 1. The van der Waals surface area contributed by atoms with Gasteiger partial charge in [-0.3, -0.25) is 0 Å². The minimum atomic E-state index is -0.516. The van der Waals surface area contributed by atoms with Crippen LogP contribution in [0.3, 0.4) is 0 Å². The monoisotopic (exact) mass is 495 g/mol. The van der Waals surface area contributed by atoms with Crippen LogP contribution in [0.15, 0.2) is 70.0 Å². The summed E-state index contributed by atoms with van der Waals surface area (Å²) in [7, 11) is 1.28. The van der Waals surface area contributed by atoms with Gasteiger partial charge in [0.15, 0.2) is 6.61 Å². The second-order valence-corrected chi connectivity index (χ2v) is 7.98. The summed E-state index contributed by atoms with van der Waals surface area (Å²) < 4.78 is 28.1. The maximum Gasteiger partial charge on any atom is 0.343 e. The first-order chi connectivity index (χ1) is 14.0. The molecule has 3 aromatic rings. The van der Waals surface area contributed by atoms with E-state index in [1.165, 1.54) is 13.2 Å². The molecule has 0 aliphatic carbocycles. The van der Waals surface area contributed by atoms with Gasteiger partial charge in [0.25, 0.3) is 0 Å². The Morgan fingerprint density at radius 3 is 2.62 bits per heavy atom. The van der Waals surface area contributed by atoms with E-state index in [0.717, 1.165) is 23.1 Å². The number of benzene rings is 3. The highest BCUT2D eigenvalue weighted by Gasteiger charge is 2.15. The molecule has 150 valence electrons. The molecule has 3 rings (SSSR count). The molecule has 8 heteroatoms. The molecule has 0 aromatic heterocycles. The average Bonchev–Trinajstić information content (AvgIpc) is 2.72. The lowest BCUT2D eigenvalue weighted by Crippen LogP contribution is -2.13. The van der Waals surface area contributed by atoms with Crippen molar-refractivity contribution in [3.63, 3.8) is 0 Å². The minimum Gasteiger partial charge on any atom is -0.479 e. The number of carbonyl (C=O) groups is 1. The van der Waals surface area contributed by atoms with E-state index in [1.54, 1.807) is 24.3 Å². The number of ether oxygens (including phenoxy) is 2. The highest BCUT2D eigenvalue weighted by atomic mass is 79.9. The zero-order valence-corrected chi connectivity index (χ0v) is 18.4. The molecule has 0 atom stereocenters. The number of methoxy groups -OCH3 is 1. The molecular weight excluding hydrogens is 481 g/mol. The average molecular weight is 497 g/mol. The topological polar surface area (TPSA) is 47.6 Å². The predicted molar refractivity (Wildman–Crippen MR) is 118 cm³/mol. The van der Waals surface area contributed by atoms with Gasteiger partial charge in [-0.2, -0.15) is 0 Å². The molecule has 0 saturated heterocycles.